The highest BCUT2D eigenvalue weighted by atomic mass is 32.2. The molecule has 28 heavy (non-hydrogen) atoms. The number of aromatic amines is 1. The Morgan fingerprint density at radius 3 is 2.86 bits per heavy atom. The van der Waals surface area contributed by atoms with E-state index < -0.39 is 0 Å². The van der Waals surface area contributed by atoms with E-state index in [1.54, 1.807) is 12.5 Å². The van der Waals surface area contributed by atoms with Crippen molar-refractivity contribution in [3.8, 4) is 17.1 Å². The standard InChI is InChI=1S/C20H18N6OS/c27-20(25-6-8-28-9-7-25)16-10-15-4-5-26(19(15)21-12-16)17-3-1-2-14(11-17)18-22-13-23-24-18/h1-5,10-13H,6-9H2,(H,22,23,24). The molecular formula is C20H18N6OS. The molecule has 0 bridgehead atoms. The Kier molecular flexibility index (Phi) is 4.32. The summed E-state index contributed by atoms with van der Waals surface area (Å²) in [6, 6.07) is 11.9. The molecule has 140 valence electrons. The number of pyridine rings is 1. The van der Waals surface area contributed by atoms with E-state index >= 15 is 0 Å². The molecular weight excluding hydrogens is 372 g/mol. The van der Waals surface area contributed by atoms with E-state index in [-0.39, 0.29) is 5.91 Å². The van der Waals surface area contributed by atoms with Crippen molar-refractivity contribution in [3.63, 3.8) is 0 Å². The monoisotopic (exact) mass is 390 g/mol. The zero-order valence-corrected chi connectivity index (χ0v) is 15.9. The summed E-state index contributed by atoms with van der Waals surface area (Å²) in [6.07, 6.45) is 5.22. The molecule has 1 amide bonds. The normalized spacial score (nSPS) is 14.5. The number of carbonyl (C=O) groups is 1. The Hall–Kier alpha value is -3.13. The van der Waals surface area contributed by atoms with Crippen LogP contribution in [0.2, 0.25) is 0 Å². The average Bonchev–Trinajstić information content (AvgIpc) is 3.43. The Labute approximate surface area is 165 Å². The fraction of sp³-hybridized carbons (Fsp3) is 0.200. The second kappa shape index (κ2) is 7.12. The van der Waals surface area contributed by atoms with Gasteiger partial charge in [-0.1, -0.05) is 12.1 Å². The number of hydrogen-bond acceptors (Lipinski definition) is 5. The minimum atomic E-state index is 0.0646. The highest BCUT2D eigenvalue weighted by Crippen LogP contribution is 2.24. The van der Waals surface area contributed by atoms with Gasteiger partial charge in [0.2, 0.25) is 0 Å². The molecule has 1 N–H and O–H groups in total. The van der Waals surface area contributed by atoms with Crippen molar-refractivity contribution >= 4 is 28.7 Å². The fourth-order valence-electron chi connectivity index (χ4n) is 3.45. The van der Waals surface area contributed by atoms with Gasteiger partial charge in [-0.05, 0) is 24.3 Å². The van der Waals surface area contributed by atoms with E-state index in [1.165, 1.54) is 0 Å². The number of benzene rings is 1. The molecule has 4 aromatic rings. The molecule has 7 nitrogen and oxygen atoms in total. The highest BCUT2D eigenvalue weighted by Gasteiger charge is 2.19. The molecule has 1 aliphatic rings. The minimum absolute atomic E-state index is 0.0646. The van der Waals surface area contributed by atoms with Crippen LogP contribution in [-0.4, -0.2) is 60.1 Å². The zero-order chi connectivity index (χ0) is 18.9. The van der Waals surface area contributed by atoms with E-state index in [0.717, 1.165) is 52.7 Å². The van der Waals surface area contributed by atoms with Gasteiger partial charge in [-0.3, -0.25) is 4.79 Å². The van der Waals surface area contributed by atoms with E-state index in [0.29, 0.717) is 5.56 Å². The largest absolute Gasteiger partial charge is 0.337 e. The van der Waals surface area contributed by atoms with Crippen molar-refractivity contribution < 1.29 is 4.79 Å². The molecule has 5 rings (SSSR count). The van der Waals surface area contributed by atoms with Crippen molar-refractivity contribution in [2.45, 2.75) is 0 Å². The lowest BCUT2D eigenvalue weighted by Crippen LogP contribution is -2.37. The lowest BCUT2D eigenvalue weighted by atomic mass is 10.2. The second-order valence-electron chi connectivity index (χ2n) is 6.61. The van der Waals surface area contributed by atoms with Crippen molar-refractivity contribution in [3.05, 3.63) is 60.7 Å². The predicted molar refractivity (Wildman–Crippen MR) is 110 cm³/mol. The topological polar surface area (TPSA) is 79.7 Å². The van der Waals surface area contributed by atoms with Gasteiger partial charge in [-0.15, -0.1) is 10.2 Å². The smallest absolute Gasteiger partial charge is 0.255 e. The lowest BCUT2D eigenvalue weighted by molar-refractivity contribution is 0.0772. The molecule has 1 fully saturated rings. The minimum Gasteiger partial charge on any atom is -0.337 e. The molecule has 0 radical (unpaired) electrons. The van der Waals surface area contributed by atoms with Crippen molar-refractivity contribution in [2.24, 2.45) is 0 Å². The third kappa shape index (κ3) is 3.05. The van der Waals surface area contributed by atoms with Crippen molar-refractivity contribution in [1.82, 2.24) is 29.6 Å². The van der Waals surface area contributed by atoms with Crippen molar-refractivity contribution in [1.29, 1.82) is 0 Å². The summed E-state index contributed by atoms with van der Waals surface area (Å²) in [5.41, 5.74) is 3.39. The van der Waals surface area contributed by atoms with E-state index in [9.17, 15) is 4.79 Å². The third-order valence-electron chi connectivity index (χ3n) is 4.89. The maximum Gasteiger partial charge on any atom is 0.255 e. The van der Waals surface area contributed by atoms with Gasteiger partial charge in [0, 0.05) is 53.6 Å². The summed E-state index contributed by atoms with van der Waals surface area (Å²) in [7, 11) is 0. The number of rotatable bonds is 3. The zero-order valence-electron chi connectivity index (χ0n) is 15.1. The van der Waals surface area contributed by atoms with E-state index in [4.69, 9.17) is 0 Å². The fourth-order valence-corrected chi connectivity index (χ4v) is 4.35. The molecule has 8 heteroatoms. The van der Waals surface area contributed by atoms with Crippen LogP contribution in [0.3, 0.4) is 0 Å². The van der Waals surface area contributed by atoms with E-state index in [2.05, 4.69) is 20.2 Å². The number of fused-ring (bicyclic) bond motifs is 1. The number of carbonyl (C=O) groups excluding carboxylic acids is 1. The molecule has 4 heterocycles. The number of nitrogens with zero attached hydrogens (tertiary/aromatic N) is 5. The maximum absolute atomic E-state index is 12.7. The maximum atomic E-state index is 12.7. The molecule has 0 unspecified atom stereocenters. The van der Waals surface area contributed by atoms with Crippen LogP contribution in [0, 0.1) is 0 Å². The van der Waals surface area contributed by atoms with Gasteiger partial charge in [-0.25, -0.2) is 4.98 Å². The van der Waals surface area contributed by atoms with Crippen LogP contribution in [-0.2, 0) is 0 Å². The summed E-state index contributed by atoms with van der Waals surface area (Å²) in [4.78, 5) is 22.3. The first kappa shape index (κ1) is 17.0. The number of hydrogen-bond donors (Lipinski definition) is 1. The van der Waals surface area contributed by atoms with Crippen molar-refractivity contribution in [2.75, 3.05) is 24.6 Å². The molecule has 0 atom stereocenters. The summed E-state index contributed by atoms with van der Waals surface area (Å²) >= 11 is 1.89. The summed E-state index contributed by atoms with van der Waals surface area (Å²) in [6.45, 7) is 1.61. The summed E-state index contributed by atoms with van der Waals surface area (Å²) < 4.78 is 2.01. The summed E-state index contributed by atoms with van der Waals surface area (Å²) in [5, 5.41) is 8.86. The van der Waals surface area contributed by atoms with Gasteiger partial charge in [-0.2, -0.15) is 11.8 Å². The van der Waals surface area contributed by atoms with Crippen LogP contribution in [0.1, 0.15) is 10.4 Å². The molecule has 0 aliphatic carbocycles. The first-order valence-electron chi connectivity index (χ1n) is 9.10. The molecule has 1 aromatic carbocycles. The predicted octanol–water partition coefficient (Wildman–Crippen LogP) is 3.00. The van der Waals surface area contributed by atoms with Crippen LogP contribution >= 0.6 is 11.8 Å². The number of thioether (sulfide) groups is 1. The van der Waals surface area contributed by atoms with Gasteiger partial charge in [0.1, 0.15) is 12.0 Å². The summed E-state index contributed by atoms with van der Waals surface area (Å²) in [5.74, 6) is 2.78. The first-order valence-corrected chi connectivity index (χ1v) is 10.3. The van der Waals surface area contributed by atoms with Gasteiger partial charge < -0.3 is 14.5 Å². The Balaban J connectivity index is 1.49. The number of amides is 1. The third-order valence-corrected chi connectivity index (χ3v) is 5.83. The SMILES string of the molecule is O=C(c1cnc2c(ccn2-c2cccc(-c3nnc[nH]3)c2)c1)N1CCSCC1. The van der Waals surface area contributed by atoms with Crippen LogP contribution in [0.25, 0.3) is 28.1 Å². The second-order valence-corrected chi connectivity index (χ2v) is 7.84. The Morgan fingerprint density at radius 2 is 2.04 bits per heavy atom. The number of H-pyrrole nitrogens is 1. The number of nitrogens with one attached hydrogen (secondary N) is 1. The van der Waals surface area contributed by atoms with Crippen LogP contribution < -0.4 is 0 Å². The molecule has 3 aromatic heterocycles. The van der Waals surface area contributed by atoms with Gasteiger partial charge in [0.15, 0.2) is 5.82 Å². The molecule has 1 saturated heterocycles. The lowest BCUT2D eigenvalue weighted by Gasteiger charge is -2.26. The average molecular weight is 390 g/mol. The Morgan fingerprint density at radius 1 is 1.14 bits per heavy atom. The Bertz CT molecular complexity index is 1130. The van der Waals surface area contributed by atoms with Gasteiger partial charge in [0.05, 0.1) is 5.56 Å². The van der Waals surface area contributed by atoms with Crippen LogP contribution in [0.4, 0.5) is 0 Å². The van der Waals surface area contributed by atoms with E-state index in [1.807, 2.05) is 63.8 Å². The first-order chi connectivity index (χ1) is 13.8. The van der Waals surface area contributed by atoms with Gasteiger partial charge in [0.25, 0.3) is 5.91 Å². The van der Waals surface area contributed by atoms with Crippen LogP contribution in [0.5, 0.6) is 0 Å². The molecule has 0 spiro atoms. The highest BCUT2D eigenvalue weighted by molar-refractivity contribution is 7.99. The quantitative estimate of drug-likeness (QED) is 0.582. The van der Waals surface area contributed by atoms with Gasteiger partial charge >= 0.3 is 0 Å². The molecule has 1 aliphatic heterocycles. The number of aromatic nitrogens is 5. The molecule has 0 saturated carbocycles. The van der Waals surface area contributed by atoms with Crippen LogP contribution in [0.15, 0.2) is 55.1 Å².